The van der Waals surface area contributed by atoms with Crippen LogP contribution < -0.4 is 5.32 Å². The van der Waals surface area contributed by atoms with Gasteiger partial charge in [0.05, 0.1) is 6.20 Å². The van der Waals surface area contributed by atoms with E-state index in [9.17, 15) is 0 Å². The Morgan fingerprint density at radius 3 is 2.67 bits per heavy atom. The molecule has 0 aliphatic carbocycles. The van der Waals surface area contributed by atoms with Gasteiger partial charge in [-0.3, -0.25) is 0 Å². The second-order valence-electron chi connectivity index (χ2n) is 4.30. The van der Waals surface area contributed by atoms with Gasteiger partial charge in [-0.05, 0) is 12.5 Å². The summed E-state index contributed by atoms with van der Waals surface area (Å²) in [6.45, 7) is 6.15. The summed E-state index contributed by atoms with van der Waals surface area (Å²) in [4.78, 5) is 12.5. The summed E-state index contributed by atoms with van der Waals surface area (Å²) in [5, 5.41) is 4.55. The average Bonchev–Trinajstić information content (AvgIpc) is 2.84. The van der Waals surface area contributed by atoms with Crippen molar-refractivity contribution in [1.29, 1.82) is 0 Å². The normalized spacial score (nSPS) is 11.1. The highest BCUT2D eigenvalue weighted by atomic mass is 32.2. The van der Waals surface area contributed by atoms with Crippen LogP contribution in [-0.2, 0) is 6.54 Å². The van der Waals surface area contributed by atoms with Gasteiger partial charge < -0.3 is 9.73 Å². The number of rotatable bonds is 6. The molecule has 2 rings (SSSR count). The first kappa shape index (κ1) is 13.0. The van der Waals surface area contributed by atoms with Crippen LogP contribution in [0.1, 0.15) is 19.4 Å². The van der Waals surface area contributed by atoms with Crippen LogP contribution in [0.4, 0.5) is 0 Å². The van der Waals surface area contributed by atoms with E-state index in [-0.39, 0.29) is 0 Å². The summed E-state index contributed by atoms with van der Waals surface area (Å²) in [5.74, 6) is 0.644. The van der Waals surface area contributed by atoms with Crippen LogP contribution in [-0.4, -0.2) is 21.5 Å². The maximum atomic E-state index is 5.12. The Morgan fingerprint density at radius 2 is 2.06 bits per heavy atom. The lowest BCUT2D eigenvalue weighted by Crippen LogP contribution is -2.19. The van der Waals surface area contributed by atoms with Gasteiger partial charge in [0.25, 0.3) is 5.22 Å². The van der Waals surface area contributed by atoms with Crippen LogP contribution in [0.3, 0.4) is 0 Å². The summed E-state index contributed by atoms with van der Waals surface area (Å²) >= 11 is 1.31. The molecule has 0 saturated carbocycles. The first-order chi connectivity index (χ1) is 8.74. The number of oxazole rings is 1. The fraction of sp³-hybridized carbons (Fsp3) is 0.417. The second-order valence-corrected chi connectivity index (χ2v) is 5.22. The first-order valence-electron chi connectivity index (χ1n) is 5.83. The Bertz CT molecular complexity index is 455. The third kappa shape index (κ3) is 4.12. The van der Waals surface area contributed by atoms with Crippen molar-refractivity contribution in [2.24, 2.45) is 5.92 Å². The number of hydrogen-bond acceptors (Lipinski definition) is 6. The van der Waals surface area contributed by atoms with Gasteiger partial charge >= 0.3 is 0 Å². The quantitative estimate of drug-likeness (QED) is 0.808. The molecule has 96 valence electrons. The molecular weight excluding hydrogens is 248 g/mol. The summed E-state index contributed by atoms with van der Waals surface area (Å²) in [6, 6.07) is 0. The zero-order valence-corrected chi connectivity index (χ0v) is 11.3. The number of nitrogens with zero attached hydrogens (tertiary/aromatic N) is 3. The lowest BCUT2D eigenvalue weighted by molar-refractivity contribution is 0.453. The van der Waals surface area contributed by atoms with Crippen molar-refractivity contribution in [1.82, 2.24) is 20.3 Å². The van der Waals surface area contributed by atoms with E-state index < -0.39 is 0 Å². The van der Waals surface area contributed by atoms with E-state index in [4.69, 9.17) is 4.42 Å². The highest BCUT2D eigenvalue weighted by molar-refractivity contribution is 7.98. The Balaban J connectivity index is 1.85. The van der Waals surface area contributed by atoms with Crippen molar-refractivity contribution in [3.05, 3.63) is 30.4 Å². The standard InChI is InChI=1S/C12H16N4OS/c1-9(2)5-13-6-10-7-15-11(16-8-10)18-12-14-3-4-17-12/h3-4,7-9,13H,5-6H2,1-2H3. The zero-order valence-electron chi connectivity index (χ0n) is 10.5. The van der Waals surface area contributed by atoms with Gasteiger partial charge in [0, 0.05) is 36.3 Å². The zero-order chi connectivity index (χ0) is 12.8. The Labute approximate surface area is 110 Å². The molecular formula is C12H16N4OS. The molecule has 0 radical (unpaired) electrons. The number of aromatic nitrogens is 3. The van der Waals surface area contributed by atoms with Crippen molar-refractivity contribution in [2.45, 2.75) is 30.8 Å². The van der Waals surface area contributed by atoms with Gasteiger partial charge in [0.2, 0.25) is 0 Å². The molecule has 0 spiro atoms. The van der Waals surface area contributed by atoms with Crippen LogP contribution in [0.15, 0.2) is 39.7 Å². The summed E-state index contributed by atoms with van der Waals surface area (Å²) < 4.78 is 5.12. The van der Waals surface area contributed by atoms with Crippen LogP contribution in [0, 0.1) is 5.92 Å². The third-order valence-corrected chi connectivity index (χ3v) is 2.92. The molecule has 6 heteroatoms. The predicted molar refractivity (Wildman–Crippen MR) is 69.2 cm³/mol. The molecule has 0 bridgehead atoms. The van der Waals surface area contributed by atoms with E-state index in [2.05, 4.69) is 34.1 Å². The highest BCUT2D eigenvalue weighted by Gasteiger charge is 2.04. The van der Waals surface area contributed by atoms with E-state index in [1.807, 2.05) is 12.4 Å². The molecule has 0 unspecified atom stereocenters. The monoisotopic (exact) mass is 264 g/mol. The van der Waals surface area contributed by atoms with Crippen molar-refractivity contribution in [3.8, 4) is 0 Å². The van der Waals surface area contributed by atoms with Crippen LogP contribution >= 0.6 is 11.8 Å². The molecule has 2 heterocycles. The minimum atomic E-state index is 0.556. The number of nitrogens with one attached hydrogen (secondary N) is 1. The predicted octanol–water partition coefficient (Wildman–Crippen LogP) is 2.36. The van der Waals surface area contributed by atoms with E-state index in [1.54, 1.807) is 6.20 Å². The molecule has 0 amide bonds. The van der Waals surface area contributed by atoms with Gasteiger partial charge in [-0.15, -0.1) is 0 Å². The molecule has 2 aromatic rings. The molecule has 0 atom stereocenters. The Morgan fingerprint density at radius 1 is 1.28 bits per heavy atom. The minimum Gasteiger partial charge on any atom is -0.440 e. The van der Waals surface area contributed by atoms with Crippen LogP contribution in [0.5, 0.6) is 0 Å². The molecule has 1 N–H and O–H groups in total. The van der Waals surface area contributed by atoms with Crippen molar-refractivity contribution in [2.75, 3.05) is 6.54 Å². The second kappa shape index (κ2) is 6.51. The van der Waals surface area contributed by atoms with Crippen molar-refractivity contribution < 1.29 is 4.42 Å². The van der Waals surface area contributed by atoms with Crippen molar-refractivity contribution in [3.63, 3.8) is 0 Å². The van der Waals surface area contributed by atoms with Gasteiger partial charge in [0.15, 0.2) is 5.16 Å². The maximum Gasteiger partial charge on any atom is 0.263 e. The van der Waals surface area contributed by atoms with Gasteiger partial charge in [-0.2, -0.15) is 0 Å². The summed E-state index contributed by atoms with van der Waals surface area (Å²) in [5.41, 5.74) is 1.08. The molecule has 0 saturated heterocycles. The Kier molecular flexibility index (Phi) is 4.72. The first-order valence-corrected chi connectivity index (χ1v) is 6.64. The molecule has 0 aliphatic heterocycles. The molecule has 0 aliphatic rings. The largest absolute Gasteiger partial charge is 0.440 e. The summed E-state index contributed by atoms with van der Waals surface area (Å²) in [6.07, 6.45) is 6.79. The van der Waals surface area contributed by atoms with Gasteiger partial charge in [0.1, 0.15) is 6.26 Å². The van der Waals surface area contributed by atoms with Crippen LogP contribution in [0.25, 0.3) is 0 Å². The lowest BCUT2D eigenvalue weighted by atomic mass is 10.2. The van der Waals surface area contributed by atoms with E-state index in [1.165, 1.54) is 18.0 Å². The van der Waals surface area contributed by atoms with E-state index in [0.29, 0.717) is 16.3 Å². The van der Waals surface area contributed by atoms with Gasteiger partial charge in [-0.25, -0.2) is 15.0 Å². The fourth-order valence-electron chi connectivity index (χ4n) is 1.33. The molecule has 18 heavy (non-hydrogen) atoms. The third-order valence-electron chi connectivity index (χ3n) is 2.15. The van der Waals surface area contributed by atoms with Crippen molar-refractivity contribution >= 4 is 11.8 Å². The van der Waals surface area contributed by atoms with Crippen LogP contribution in [0.2, 0.25) is 0 Å². The summed E-state index contributed by atoms with van der Waals surface area (Å²) in [7, 11) is 0. The smallest absolute Gasteiger partial charge is 0.263 e. The van der Waals surface area contributed by atoms with E-state index >= 15 is 0 Å². The molecule has 5 nitrogen and oxygen atoms in total. The van der Waals surface area contributed by atoms with Gasteiger partial charge in [-0.1, -0.05) is 13.8 Å². The minimum absolute atomic E-state index is 0.556. The Hall–Kier alpha value is -1.40. The molecule has 0 aromatic carbocycles. The molecule has 2 aromatic heterocycles. The van der Waals surface area contributed by atoms with E-state index in [0.717, 1.165) is 18.7 Å². The highest BCUT2D eigenvalue weighted by Crippen LogP contribution is 2.21. The average molecular weight is 264 g/mol. The SMILES string of the molecule is CC(C)CNCc1cnc(Sc2ncco2)nc1. The fourth-order valence-corrected chi connectivity index (χ4v) is 1.92. The lowest BCUT2D eigenvalue weighted by Gasteiger charge is -2.06. The topological polar surface area (TPSA) is 63.8 Å². The maximum absolute atomic E-state index is 5.12. The molecule has 0 fully saturated rings. The number of hydrogen-bond donors (Lipinski definition) is 1.